The highest BCUT2D eigenvalue weighted by molar-refractivity contribution is 7.92. The molecule has 2 aromatic rings. The Bertz CT molecular complexity index is 999. The summed E-state index contributed by atoms with van der Waals surface area (Å²) >= 11 is 0. The molecule has 0 aliphatic heterocycles. The molecule has 2 rings (SSSR count). The maximum atomic E-state index is 12.7. The molecule has 0 unspecified atom stereocenters. The minimum Gasteiger partial charge on any atom is -0.449 e. The van der Waals surface area contributed by atoms with E-state index in [4.69, 9.17) is 4.74 Å². The molecule has 1 amide bonds. The van der Waals surface area contributed by atoms with Crippen LogP contribution in [0.25, 0.3) is 0 Å². The second kappa shape index (κ2) is 8.43. The number of sulfonamides is 1. The van der Waals surface area contributed by atoms with E-state index >= 15 is 0 Å². The van der Waals surface area contributed by atoms with Gasteiger partial charge in [0, 0.05) is 19.8 Å². The van der Waals surface area contributed by atoms with Crippen LogP contribution in [0.3, 0.4) is 0 Å². The maximum absolute atomic E-state index is 12.7. The van der Waals surface area contributed by atoms with Crippen molar-refractivity contribution in [2.24, 2.45) is 0 Å². The maximum Gasteiger partial charge on any atom is 0.338 e. The average Bonchev–Trinajstić information content (AvgIpc) is 2.62. The van der Waals surface area contributed by atoms with Gasteiger partial charge in [0.05, 0.1) is 10.5 Å². The van der Waals surface area contributed by atoms with E-state index in [0.717, 1.165) is 5.56 Å². The second-order valence-electron chi connectivity index (χ2n) is 6.74. The summed E-state index contributed by atoms with van der Waals surface area (Å²) in [5, 5.41) is 0. The van der Waals surface area contributed by atoms with Crippen molar-refractivity contribution in [3.8, 4) is 0 Å². The molecule has 0 radical (unpaired) electrons. The van der Waals surface area contributed by atoms with Gasteiger partial charge in [-0.3, -0.25) is 9.52 Å². The van der Waals surface area contributed by atoms with Crippen molar-refractivity contribution in [3.05, 3.63) is 59.2 Å². The van der Waals surface area contributed by atoms with Crippen LogP contribution >= 0.6 is 0 Å². The largest absolute Gasteiger partial charge is 0.449 e. The molecule has 0 bridgehead atoms. The van der Waals surface area contributed by atoms with Crippen LogP contribution in [0.5, 0.6) is 0 Å². The number of hydrogen-bond donors (Lipinski definition) is 1. The van der Waals surface area contributed by atoms with Gasteiger partial charge in [-0.1, -0.05) is 18.2 Å². The number of amides is 1. The number of benzene rings is 2. The molecule has 150 valence electrons. The third-order valence-corrected chi connectivity index (χ3v) is 5.58. The zero-order valence-electron chi connectivity index (χ0n) is 16.5. The van der Waals surface area contributed by atoms with Gasteiger partial charge in [-0.2, -0.15) is 0 Å². The third kappa shape index (κ3) is 5.10. The fraction of sp³-hybridized carbons (Fsp3) is 0.300. The highest BCUT2D eigenvalue weighted by Crippen LogP contribution is 2.21. The van der Waals surface area contributed by atoms with Crippen molar-refractivity contribution in [1.82, 2.24) is 4.90 Å². The van der Waals surface area contributed by atoms with Crippen LogP contribution in [0.2, 0.25) is 0 Å². The van der Waals surface area contributed by atoms with Gasteiger partial charge in [-0.15, -0.1) is 0 Å². The van der Waals surface area contributed by atoms with Gasteiger partial charge < -0.3 is 9.64 Å². The molecule has 0 fully saturated rings. The summed E-state index contributed by atoms with van der Waals surface area (Å²) in [7, 11) is -0.690. The molecule has 0 aromatic heterocycles. The number of aryl methyl sites for hydroxylation is 2. The van der Waals surface area contributed by atoms with E-state index in [-0.39, 0.29) is 22.1 Å². The van der Waals surface area contributed by atoms with Crippen LogP contribution in [-0.2, 0) is 19.6 Å². The minimum atomic E-state index is -3.82. The lowest BCUT2D eigenvalue weighted by molar-refractivity contribution is -0.137. The van der Waals surface area contributed by atoms with Crippen LogP contribution in [-0.4, -0.2) is 45.4 Å². The molecule has 7 nitrogen and oxygen atoms in total. The smallest absolute Gasteiger partial charge is 0.338 e. The molecule has 0 spiro atoms. The summed E-state index contributed by atoms with van der Waals surface area (Å²) in [4.78, 5) is 25.6. The molecule has 8 heteroatoms. The lowest BCUT2D eigenvalue weighted by Crippen LogP contribution is -2.34. The minimum absolute atomic E-state index is 0.138. The SMILES string of the molecule is Cc1ccc(C)c(S(=O)(=O)Nc2cccc(C(=O)O[C@H](C)C(=O)N(C)C)c2)c1. The van der Waals surface area contributed by atoms with Crippen molar-refractivity contribution in [1.29, 1.82) is 0 Å². The van der Waals surface area contributed by atoms with E-state index in [9.17, 15) is 18.0 Å². The summed E-state index contributed by atoms with van der Waals surface area (Å²) in [6, 6.07) is 11.1. The van der Waals surface area contributed by atoms with Crippen molar-refractivity contribution in [3.63, 3.8) is 0 Å². The van der Waals surface area contributed by atoms with Gasteiger partial charge in [0.25, 0.3) is 15.9 Å². The van der Waals surface area contributed by atoms with Crippen LogP contribution < -0.4 is 4.72 Å². The zero-order chi connectivity index (χ0) is 21.1. The Hall–Kier alpha value is -2.87. The average molecular weight is 404 g/mol. The van der Waals surface area contributed by atoms with Crippen LogP contribution in [0.15, 0.2) is 47.4 Å². The number of anilines is 1. The lowest BCUT2D eigenvalue weighted by atomic mass is 10.2. The highest BCUT2D eigenvalue weighted by atomic mass is 32.2. The predicted molar refractivity (Wildman–Crippen MR) is 107 cm³/mol. The van der Waals surface area contributed by atoms with Crippen molar-refractivity contribution >= 4 is 27.6 Å². The van der Waals surface area contributed by atoms with Gasteiger partial charge in [-0.05, 0) is 56.2 Å². The standard InChI is InChI=1S/C20H24N2O5S/c1-13-9-10-14(2)18(11-13)28(25,26)21-17-8-6-7-16(12-17)20(24)27-15(3)19(23)22(4)5/h6-12,15,21H,1-5H3/t15-/m1/s1. The molecular formula is C20H24N2O5S. The van der Waals surface area contributed by atoms with Crippen molar-refractivity contribution in [2.75, 3.05) is 18.8 Å². The van der Waals surface area contributed by atoms with E-state index in [1.165, 1.54) is 36.1 Å². The number of ether oxygens (including phenoxy) is 1. The molecule has 1 N–H and O–H groups in total. The summed E-state index contributed by atoms with van der Waals surface area (Å²) in [6.45, 7) is 5.00. The molecule has 0 heterocycles. The van der Waals surface area contributed by atoms with E-state index in [1.807, 2.05) is 13.0 Å². The van der Waals surface area contributed by atoms with Crippen molar-refractivity contribution < 1.29 is 22.7 Å². The molecular weight excluding hydrogens is 380 g/mol. The number of esters is 1. The lowest BCUT2D eigenvalue weighted by Gasteiger charge is -2.17. The Morgan fingerprint density at radius 2 is 1.75 bits per heavy atom. The van der Waals surface area contributed by atoms with Gasteiger partial charge in [0.15, 0.2) is 6.10 Å². The molecule has 0 saturated carbocycles. The first-order chi connectivity index (χ1) is 13.0. The molecule has 0 aliphatic rings. The fourth-order valence-corrected chi connectivity index (χ4v) is 3.94. The van der Waals surface area contributed by atoms with Crippen LogP contribution in [0.1, 0.15) is 28.4 Å². The summed E-state index contributed by atoms with van der Waals surface area (Å²) < 4.78 is 33.1. The monoisotopic (exact) mass is 404 g/mol. The Labute approximate surface area is 165 Å². The first-order valence-corrected chi connectivity index (χ1v) is 10.1. The summed E-state index contributed by atoms with van der Waals surface area (Å²) in [5.74, 6) is -1.06. The van der Waals surface area contributed by atoms with E-state index in [1.54, 1.807) is 33.2 Å². The first kappa shape index (κ1) is 21.4. The number of hydrogen-bond acceptors (Lipinski definition) is 5. The summed E-state index contributed by atoms with van der Waals surface area (Å²) in [6.07, 6.45) is -0.946. The topological polar surface area (TPSA) is 92.8 Å². The van der Waals surface area contributed by atoms with Crippen LogP contribution in [0.4, 0.5) is 5.69 Å². The number of carbonyl (C=O) groups is 2. The number of nitrogens with one attached hydrogen (secondary N) is 1. The van der Waals surface area contributed by atoms with Crippen molar-refractivity contribution in [2.45, 2.75) is 31.8 Å². The Kier molecular flexibility index (Phi) is 6.45. The number of nitrogens with zero attached hydrogens (tertiary/aromatic N) is 1. The van der Waals surface area contributed by atoms with Gasteiger partial charge in [0.2, 0.25) is 0 Å². The Balaban J connectivity index is 2.22. The fourth-order valence-electron chi connectivity index (χ4n) is 2.56. The Morgan fingerprint density at radius 1 is 1.07 bits per heavy atom. The predicted octanol–water partition coefficient (Wildman–Crippen LogP) is 2.74. The molecule has 0 aliphatic carbocycles. The van der Waals surface area contributed by atoms with Gasteiger partial charge in [-0.25, -0.2) is 13.2 Å². The molecule has 0 saturated heterocycles. The van der Waals surface area contributed by atoms with Gasteiger partial charge >= 0.3 is 5.97 Å². The highest BCUT2D eigenvalue weighted by Gasteiger charge is 2.21. The number of likely N-dealkylation sites (N-methyl/N-ethyl adjacent to an activating group) is 1. The van der Waals surface area contributed by atoms with E-state index < -0.39 is 22.1 Å². The van der Waals surface area contributed by atoms with E-state index in [2.05, 4.69) is 4.72 Å². The number of carbonyl (C=O) groups excluding carboxylic acids is 2. The molecule has 1 atom stereocenters. The second-order valence-corrected chi connectivity index (χ2v) is 8.39. The first-order valence-electron chi connectivity index (χ1n) is 8.63. The van der Waals surface area contributed by atoms with Gasteiger partial charge in [0.1, 0.15) is 0 Å². The zero-order valence-corrected chi connectivity index (χ0v) is 17.3. The molecule has 2 aromatic carbocycles. The normalized spacial score (nSPS) is 12.2. The third-order valence-electron chi connectivity index (χ3n) is 4.06. The number of rotatable bonds is 6. The van der Waals surface area contributed by atoms with Crippen LogP contribution in [0, 0.1) is 13.8 Å². The van der Waals surface area contributed by atoms with E-state index in [0.29, 0.717) is 5.56 Å². The molecule has 28 heavy (non-hydrogen) atoms. The quantitative estimate of drug-likeness (QED) is 0.748. The summed E-state index contributed by atoms with van der Waals surface area (Å²) in [5.41, 5.74) is 1.80. The Morgan fingerprint density at radius 3 is 2.39 bits per heavy atom.